The molecule has 6 N–H and O–H groups in total. The van der Waals surface area contributed by atoms with Crippen molar-refractivity contribution in [2.75, 3.05) is 0 Å². The molecule has 49 heavy (non-hydrogen) atoms. The first-order valence-electron chi connectivity index (χ1n) is 13.4. The molecule has 0 aliphatic heterocycles. The van der Waals surface area contributed by atoms with Crippen LogP contribution in [0.1, 0.15) is 34.6 Å². The van der Waals surface area contributed by atoms with Crippen molar-refractivity contribution in [2.45, 2.75) is 34.6 Å². The number of carbonyl (C=O) groups excluding carboxylic acids is 1. The average molecular weight is 1040 g/mol. The zero-order chi connectivity index (χ0) is 32.6. The van der Waals surface area contributed by atoms with Gasteiger partial charge in [0.05, 0.1) is 0 Å². The second-order valence-corrected chi connectivity index (χ2v) is 7.58. The maximum absolute atomic E-state index is 9.31. The van der Waals surface area contributed by atoms with E-state index in [2.05, 4.69) is 15.0 Å². The smallest absolute Gasteiger partial charge is 0.506 e. The number of nitrogens with zero attached hydrogens (tertiary/aromatic N) is 3. The quantitative estimate of drug-likeness (QED) is 0.109. The number of carboxylic acid groups (broad SMARTS) is 1. The fourth-order valence-corrected chi connectivity index (χ4v) is 3.26. The van der Waals surface area contributed by atoms with Gasteiger partial charge in [0, 0.05) is 62.7 Å². The monoisotopic (exact) mass is 1040 g/mol. The largest absolute Gasteiger partial charge is 2.00 e. The number of carbonyl (C=O) groups is 2. The Bertz CT molecular complexity index is 1460. The summed E-state index contributed by atoms with van der Waals surface area (Å²) in [7, 11) is 0. The van der Waals surface area contributed by atoms with Crippen molar-refractivity contribution in [1.29, 1.82) is 0 Å². The van der Waals surface area contributed by atoms with Crippen LogP contribution in [0, 0.1) is 22.3 Å². The zero-order valence-electron chi connectivity index (χ0n) is 29.2. The molecule has 3 aromatic carbocycles. The van der Waals surface area contributed by atoms with E-state index >= 15 is 0 Å². The number of hydrogen-bond acceptors (Lipinski definition) is 8. The Labute approximate surface area is 320 Å². The van der Waals surface area contributed by atoms with Crippen molar-refractivity contribution in [3.05, 3.63) is 132 Å². The van der Waals surface area contributed by atoms with Crippen molar-refractivity contribution in [2.24, 2.45) is 0 Å². The first-order chi connectivity index (χ1) is 20.9. The minimum absolute atomic E-state index is 0. The predicted octanol–water partition coefficient (Wildman–Crippen LogP) is 8.30. The molecule has 0 saturated heterocycles. The van der Waals surface area contributed by atoms with Gasteiger partial charge in [0.1, 0.15) is 40.6 Å². The summed E-state index contributed by atoms with van der Waals surface area (Å²) in [5.74, 6) is -0.116. The van der Waals surface area contributed by atoms with Crippen LogP contribution in [0.2, 0.25) is 0 Å². The van der Waals surface area contributed by atoms with E-state index in [-0.39, 0.29) is 87.1 Å². The molecule has 276 valence electrons. The van der Waals surface area contributed by atoms with Gasteiger partial charge in [0.15, 0.2) is 0 Å². The minimum atomic E-state index is -0.833. The summed E-state index contributed by atoms with van der Waals surface area (Å²) in [6, 6.07) is 27.4. The van der Waals surface area contributed by atoms with Crippen LogP contribution in [-0.2, 0) is 51.7 Å². The molecule has 0 atom stereocenters. The Hall–Kier alpha value is -4.23. The van der Waals surface area contributed by atoms with E-state index < -0.39 is 5.97 Å². The molecule has 12 heteroatoms. The molecule has 0 amide bonds. The number of benzene rings is 3. The third kappa shape index (κ3) is 22.1. The normalized spacial score (nSPS) is 7.69. The van der Waals surface area contributed by atoms with Crippen LogP contribution in [0.15, 0.2) is 110 Å². The zero-order valence-corrected chi connectivity index (χ0v) is 33.7. The van der Waals surface area contributed by atoms with Gasteiger partial charge < -0.3 is 53.0 Å². The molecule has 0 spiro atoms. The molecule has 0 saturated carbocycles. The van der Waals surface area contributed by atoms with Crippen LogP contribution in [0.25, 0.3) is 32.7 Å². The molecule has 0 unspecified atom stereocenters. The van der Waals surface area contributed by atoms with Crippen LogP contribution in [0.3, 0.4) is 0 Å². The predicted molar refractivity (Wildman–Crippen MR) is 196 cm³/mol. The molecule has 0 fully saturated rings. The molecule has 0 radical (unpaired) electrons. The average Bonchev–Trinajstić information content (AvgIpc) is 3.05. The van der Waals surface area contributed by atoms with Gasteiger partial charge in [-0.2, -0.15) is 0 Å². The first kappa shape index (κ1) is 60.1. The van der Waals surface area contributed by atoms with Gasteiger partial charge in [-0.1, -0.05) is 82.3 Å². The second-order valence-electron chi connectivity index (χ2n) is 7.58. The van der Waals surface area contributed by atoms with E-state index in [1.54, 1.807) is 55.0 Å². The van der Waals surface area contributed by atoms with Gasteiger partial charge >= 0.3 is 21.1 Å². The molecular formula is C37H50N3O7Pt2-. The number of pyridine rings is 3. The van der Waals surface area contributed by atoms with Crippen LogP contribution in [0.5, 0.6) is 17.2 Å². The number of phenolic OH excluding ortho intramolecular Hbond substituents is 3. The van der Waals surface area contributed by atoms with E-state index in [4.69, 9.17) is 14.7 Å². The van der Waals surface area contributed by atoms with Crippen LogP contribution in [0.4, 0.5) is 0 Å². The number of aromatic nitrogens is 3. The van der Waals surface area contributed by atoms with Gasteiger partial charge in [-0.3, -0.25) is 19.7 Å². The maximum atomic E-state index is 9.31. The van der Waals surface area contributed by atoms with Crippen molar-refractivity contribution in [3.8, 4) is 17.2 Å². The third-order valence-electron chi connectivity index (χ3n) is 4.83. The topological polar surface area (TPSA) is 185 Å². The standard InChI is InChI=1S/3C9H7NO.C2H4O2.2C2H6.CH2O.3CH3.H2O.2Pt/c3*11-8-5-1-3-7-4-2-6-10-9(7)8;1-2(3)4;3*1-2;;;;;;/h3*1-6,11H;1H3,(H,3,4);2*1-2H3;1H2;3*1H3;1H2;;/q;;;;;;;3*-1;;;+2. The Morgan fingerprint density at radius 3 is 0.898 bits per heavy atom. The Kier molecular flexibility index (Phi) is 44.9. The van der Waals surface area contributed by atoms with Crippen molar-refractivity contribution in [1.82, 2.24) is 15.0 Å². The maximum Gasteiger partial charge on any atom is 2.00 e. The summed E-state index contributed by atoms with van der Waals surface area (Å²) in [5, 5.41) is 38.2. The van der Waals surface area contributed by atoms with Crippen LogP contribution in [-0.4, -0.2) is 53.6 Å². The third-order valence-corrected chi connectivity index (χ3v) is 4.83. The van der Waals surface area contributed by atoms with Crippen molar-refractivity contribution >= 4 is 45.5 Å². The van der Waals surface area contributed by atoms with E-state index in [1.165, 1.54) is 0 Å². The van der Waals surface area contributed by atoms with Crippen molar-refractivity contribution < 1.29 is 77.6 Å². The summed E-state index contributed by atoms with van der Waals surface area (Å²) in [4.78, 5) is 29.1. The Balaban J connectivity index is -0.0000000905. The first-order valence-corrected chi connectivity index (χ1v) is 13.4. The van der Waals surface area contributed by atoms with E-state index in [0.717, 1.165) is 23.1 Å². The van der Waals surface area contributed by atoms with Gasteiger partial charge in [-0.25, -0.2) is 0 Å². The van der Waals surface area contributed by atoms with Crippen LogP contribution >= 0.6 is 0 Å². The molecule has 3 aromatic heterocycles. The molecule has 0 aliphatic rings. The fraction of sp³-hybridized carbons (Fsp3) is 0.135. The number of phenols is 3. The summed E-state index contributed by atoms with van der Waals surface area (Å²) < 4.78 is 0. The molecular weight excluding hydrogens is 989 g/mol. The van der Waals surface area contributed by atoms with Gasteiger partial charge in [0.2, 0.25) is 0 Å². The number of fused-ring (bicyclic) bond motifs is 3. The molecule has 10 nitrogen and oxygen atoms in total. The number of para-hydroxylation sites is 3. The van der Waals surface area contributed by atoms with E-state index in [0.29, 0.717) is 16.6 Å². The Morgan fingerprint density at radius 1 is 0.531 bits per heavy atom. The SMILES string of the molecule is C=O.CC.CC.CC(=O)O.O.Oc1cccc2cccnc12.Oc1cccc2cccnc12.Oc1cccc2cccnc12.[CH3-].[CH3-].[CH3-].[Pt+2].[Pt]. The molecule has 0 bridgehead atoms. The number of aliphatic carboxylic acids is 1. The number of hydrogen-bond donors (Lipinski definition) is 4. The van der Waals surface area contributed by atoms with E-state index in [1.807, 2.05) is 89.1 Å². The van der Waals surface area contributed by atoms with Gasteiger partial charge in [0.25, 0.3) is 5.97 Å². The summed E-state index contributed by atoms with van der Waals surface area (Å²) in [6.07, 6.45) is 5.01. The fourth-order valence-electron chi connectivity index (χ4n) is 3.26. The molecule has 3 heterocycles. The molecule has 6 rings (SSSR count). The number of carboxylic acids is 1. The Morgan fingerprint density at radius 2 is 0.714 bits per heavy atom. The summed E-state index contributed by atoms with van der Waals surface area (Å²) in [6.45, 7) is 11.1. The van der Waals surface area contributed by atoms with Crippen molar-refractivity contribution in [3.63, 3.8) is 0 Å². The summed E-state index contributed by atoms with van der Waals surface area (Å²) in [5.41, 5.74) is 1.99. The number of aromatic hydroxyl groups is 3. The number of rotatable bonds is 0. The van der Waals surface area contributed by atoms with Gasteiger partial charge in [-0.05, 0) is 36.4 Å². The second kappa shape index (κ2) is 36.6. The minimum Gasteiger partial charge on any atom is -0.506 e. The van der Waals surface area contributed by atoms with Crippen LogP contribution < -0.4 is 0 Å². The van der Waals surface area contributed by atoms with Gasteiger partial charge in [-0.15, -0.1) is 0 Å². The summed E-state index contributed by atoms with van der Waals surface area (Å²) >= 11 is 0. The molecule has 0 aliphatic carbocycles. The van der Waals surface area contributed by atoms with E-state index in [9.17, 15) is 15.3 Å². The molecule has 6 aromatic rings.